The van der Waals surface area contributed by atoms with E-state index in [-0.39, 0.29) is 22.9 Å². The van der Waals surface area contributed by atoms with Gasteiger partial charge < -0.3 is 0 Å². The molecule has 0 saturated carbocycles. The van der Waals surface area contributed by atoms with Gasteiger partial charge in [-0.3, -0.25) is 10.1 Å². The Morgan fingerprint density at radius 1 is 1.25 bits per heavy atom. The molecule has 0 bridgehead atoms. The SMILES string of the molecule is Cc1cc(-c2cc(C#N)nn2-c2ccccc2[N+](=O)[O-])ccc1F. The minimum atomic E-state index is -0.511. The van der Waals surface area contributed by atoms with E-state index < -0.39 is 4.92 Å². The number of hydrogen-bond donors (Lipinski definition) is 0. The Bertz CT molecular complexity index is 988. The Labute approximate surface area is 136 Å². The minimum absolute atomic E-state index is 0.116. The Morgan fingerprint density at radius 2 is 2.00 bits per heavy atom. The van der Waals surface area contributed by atoms with Crippen LogP contribution in [0, 0.1) is 34.2 Å². The summed E-state index contributed by atoms with van der Waals surface area (Å²) in [6.45, 7) is 1.62. The molecule has 0 aliphatic heterocycles. The van der Waals surface area contributed by atoms with Crippen LogP contribution >= 0.6 is 0 Å². The first-order chi connectivity index (χ1) is 11.5. The lowest BCUT2D eigenvalue weighted by Crippen LogP contribution is -2.03. The van der Waals surface area contributed by atoms with E-state index in [1.807, 2.05) is 6.07 Å². The van der Waals surface area contributed by atoms with E-state index in [1.165, 1.54) is 22.9 Å². The van der Waals surface area contributed by atoms with E-state index >= 15 is 0 Å². The molecule has 1 aromatic heterocycles. The maximum absolute atomic E-state index is 13.5. The van der Waals surface area contributed by atoms with Gasteiger partial charge in [0, 0.05) is 17.7 Å². The van der Waals surface area contributed by atoms with Crippen molar-refractivity contribution < 1.29 is 9.31 Å². The Balaban J connectivity index is 2.27. The summed E-state index contributed by atoms with van der Waals surface area (Å²) >= 11 is 0. The number of rotatable bonds is 3. The lowest BCUT2D eigenvalue weighted by molar-refractivity contribution is -0.384. The maximum Gasteiger partial charge on any atom is 0.294 e. The van der Waals surface area contributed by atoms with Crippen molar-refractivity contribution in [3.8, 4) is 23.0 Å². The van der Waals surface area contributed by atoms with Gasteiger partial charge in [-0.15, -0.1) is 0 Å². The standard InChI is InChI=1S/C17H11FN4O2/c1-11-8-12(6-7-14(11)18)17-9-13(10-19)20-21(17)15-4-2-3-5-16(15)22(23)24/h2-9H,1H3. The number of benzene rings is 2. The van der Waals surface area contributed by atoms with Crippen molar-refractivity contribution in [2.45, 2.75) is 6.92 Å². The van der Waals surface area contributed by atoms with E-state index in [0.29, 0.717) is 16.8 Å². The molecule has 6 nitrogen and oxygen atoms in total. The van der Waals surface area contributed by atoms with Gasteiger partial charge >= 0.3 is 0 Å². The summed E-state index contributed by atoms with van der Waals surface area (Å²) in [5.41, 5.74) is 1.74. The van der Waals surface area contributed by atoms with E-state index in [0.717, 1.165) is 0 Å². The molecule has 0 aliphatic carbocycles. The highest BCUT2D eigenvalue weighted by molar-refractivity contribution is 5.66. The fourth-order valence-corrected chi connectivity index (χ4v) is 2.43. The number of para-hydroxylation sites is 2. The van der Waals surface area contributed by atoms with Crippen molar-refractivity contribution in [3.63, 3.8) is 0 Å². The molecule has 0 aliphatic rings. The topological polar surface area (TPSA) is 84.8 Å². The Hall–Kier alpha value is -3.53. The van der Waals surface area contributed by atoms with Crippen molar-refractivity contribution in [2.24, 2.45) is 0 Å². The maximum atomic E-state index is 13.5. The minimum Gasteiger partial charge on any atom is -0.258 e. The largest absolute Gasteiger partial charge is 0.294 e. The molecule has 1 heterocycles. The molecule has 3 rings (SSSR count). The molecule has 0 radical (unpaired) electrons. The number of hydrogen-bond acceptors (Lipinski definition) is 4. The van der Waals surface area contributed by atoms with E-state index in [2.05, 4.69) is 5.10 Å². The number of aryl methyl sites for hydroxylation is 1. The van der Waals surface area contributed by atoms with Crippen LogP contribution in [-0.2, 0) is 0 Å². The number of nitrogens with zero attached hydrogens (tertiary/aromatic N) is 4. The zero-order chi connectivity index (χ0) is 17.3. The van der Waals surface area contributed by atoms with Crippen LogP contribution in [0.4, 0.5) is 10.1 Å². The normalized spacial score (nSPS) is 10.4. The highest BCUT2D eigenvalue weighted by Gasteiger charge is 2.20. The first-order valence-electron chi connectivity index (χ1n) is 7.01. The average molecular weight is 322 g/mol. The van der Waals surface area contributed by atoms with Gasteiger partial charge in [-0.1, -0.05) is 12.1 Å². The van der Waals surface area contributed by atoms with Crippen LogP contribution in [0.15, 0.2) is 48.5 Å². The summed E-state index contributed by atoms with van der Waals surface area (Å²) in [6, 6.07) is 14.0. The van der Waals surface area contributed by atoms with Crippen molar-refractivity contribution in [2.75, 3.05) is 0 Å². The van der Waals surface area contributed by atoms with Crippen molar-refractivity contribution in [1.82, 2.24) is 9.78 Å². The molecule has 0 saturated heterocycles. The fourth-order valence-electron chi connectivity index (χ4n) is 2.43. The molecule has 0 amide bonds. The third-order valence-corrected chi connectivity index (χ3v) is 3.58. The van der Waals surface area contributed by atoms with Gasteiger partial charge in [0.2, 0.25) is 0 Å². The fraction of sp³-hybridized carbons (Fsp3) is 0.0588. The van der Waals surface area contributed by atoms with E-state index in [9.17, 15) is 14.5 Å². The van der Waals surface area contributed by atoms with Crippen LogP contribution in [0.3, 0.4) is 0 Å². The highest BCUT2D eigenvalue weighted by atomic mass is 19.1. The molecule has 7 heteroatoms. The number of nitriles is 1. The van der Waals surface area contributed by atoms with E-state index in [4.69, 9.17) is 5.26 Å². The number of nitro benzene ring substituents is 1. The van der Waals surface area contributed by atoms with Crippen LogP contribution in [0.5, 0.6) is 0 Å². The van der Waals surface area contributed by atoms with Crippen LogP contribution in [-0.4, -0.2) is 14.7 Å². The second-order valence-corrected chi connectivity index (χ2v) is 5.15. The zero-order valence-corrected chi connectivity index (χ0v) is 12.6. The highest BCUT2D eigenvalue weighted by Crippen LogP contribution is 2.29. The molecule has 0 fully saturated rings. The van der Waals surface area contributed by atoms with Gasteiger partial charge in [0.25, 0.3) is 5.69 Å². The van der Waals surface area contributed by atoms with Gasteiger partial charge in [-0.05, 0) is 36.8 Å². The third-order valence-electron chi connectivity index (χ3n) is 3.58. The second-order valence-electron chi connectivity index (χ2n) is 5.15. The second kappa shape index (κ2) is 5.93. The van der Waals surface area contributed by atoms with Gasteiger partial charge in [0.1, 0.15) is 17.6 Å². The first kappa shape index (κ1) is 15.4. The van der Waals surface area contributed by atoms with Gasteiger partial charge in [0.05, 0.1) is 10.6 Å². The van der Waals surface area contributed by atoms with Gasteiger partial charge in [-0.25, -0.2) is 9.07 Å². The third kappa shape index (κ3) is 2.61. The smallest absolute Gasteiger partial charge is 0.258 e. The monoisotopic (exact) mass is 322 g/mol. The predicted molar refractivity (Wildman–Crippen MR) is 85.1 cm³/mol. The molecule has 2 aromatic carbocycles. The zero-order valence-electron chi connectivity index (χ0n) is 12.6. The van der Waals surface area contributed by atoms with Crippen LogP contribution in [0.25, 0.3) is 16.9 Å². The molecule has 118 valence electrons. The molecular weight excluding hydrogens is 311 g/mol. The number of aromatic nitrogens is 2. The number of halogens is 1. The average Bonchev–Trinajstić information content (AvgIpc) is 3.01. The van der Waals surface area contributed by atoms with Crippen LogP contribution < -0.4 is 0 Å². The first-order valence-corrected chi connectivity index (χ1v) is 7.01. The van der Waals surface area contributed by atoms with Gasteiger partial charge in [0.15, 0.2) is 5.69 Å². The summed E-state index contributed by atoms with van der Waals surface area (Å²) in [5.74, 6) is -0.351. The molecule has 0 atom stereocenters. The molecule has 0 spiro atoms. The Kier molecular flexibility index (Phi) is 3.80. The lowest BCUT2D eigenvalue weighted by Gasteiger charge is -2.09. The Morgan fingerprint density at radius 3 is 2.67 bits per heavy atom. The molecule has 0 N–H and O–H groups in total. The van der Waals surface area contributed by atoms with Crippen molar-refractivity contribution in [1.29, 1.82) is 5.26 Å². The summed E-state index contributed by atoms with van der Waals surface area (Å²) in [7, 11) is 0. The summed E-state index contributed by atoms with van der Waals surface area (Å²) in [5, 5.41) is 24.5. The summed E-state index contributed by atoms with van der Waals surface area (Å²) in [4.78, 5) is 10.8. The van der Waals surface area contributed by atoms with Gasteiger partial charge in [-0.2, -0.15) is 10.4 Å². The summed E-state index contributed by atoms with van der Waals surface area (Å²) < 4.78 is 14.9. The quantitative estimate of drug-likeness (QED) is 0.542. The number of nitro groups is 1. The molecular formula is C17H11FN4O2. The summed E-state index contributed by atoms with van der Waals surface area (Å²) in [6.07, 6.45) is 0. The van der Waals surface area contributed by atoms with E-state index in [1.54, 1.807) is 37.3 Å². The molecule has 3 aromatic rings. The molecule has 24 heavy (non-hydrogen) atoms. The van der Waals surface area contributed by atoms with Crippen molar-refractivity contribution in [3.05, 3.63) is 75.7 Å². The molecule has 0 unspecified atom stereocenters. The lowest BCUT2D eigenvalue weighted by atomic mass is 10.1. The van der Waals surface area contributed by atoms with Crippen LogP contribution in [0.1, 0.15) is 11.3 Å². The van der Waals surface area contributed by atoms with Crippen LogP contribution in [0.2, 0.25) is 0 Å². The predicted octanol–water partition coefficient (Wildman–Crippen LogP) is 3.77. The van der Waals surface area contributed by atoms with Crippen molar-refractivity contribution >= 4 is 5.69 Å².